The third-order valence-corrected chi connectivity index (χ3v) is 12.5. The number of carbonyl (C=O) groups is 1. The number of aliphatic hydroxyl groups is 7. The van der Waals surface area contributed by atoms with Crippen LogP contribution in [0.1, 0.15) is 206 Å². The average Bonchev–Trinajstić information content (AvgIpc) is 3.18. The van der Waals surface area contributed by atoms with Gasteiger partial charge in [0, 0.05) is 0 Å². The molecule has 8 atom stereocenters. The average molecular weight is 840 g/mol. The van der Waals surface area contributed by atoms with Gasteiger partial charge in [-0.3, -0.25) is 13.8 Å². The predicted octanol–water partition coefficient (Wildman–Crippen LogP) is 7.26. The Labute approximate surface area is 345 Å². The van der Waals surface area contributed by atoms with Crippen LogP contribution >= 0.6 is 7.82 Å². The molecule has 1 fully saturated rings. The molecule has 1 saturated carbocycles. The van der Waals surface area contributed by atoms with Crippen molar-refractivity contribution in [2.75, 3.05) is 6.61 Å². The molecular formula is C43H86NO12P. The van der Waals surface area contributed by atoms with Crippen LogP contribution in [0.5, 0.6) is 0 Å². The molecule has 0 spiro atoms. The molecule has 0 aromatic carbocycles. The van der Waals surface area contributed by atoms with E-state index in [-0.39, 0.29) is 12.8 Å². The highest BCUT2D eigenvalue weighted by atomic mass is 31.2. The summed E-state index contributed by atoms with van der Waals surface area (Å²) in [5, 5.41) is 74.5. The van der Waals surface area contributed by atoms with Gasteiger partial charge in [-0.25, -0.2) is 4.57 Å². The SMILES string of the molecule is CCCCCCCCCCCCCCCCCCCCC(O)C(COP(=O)(O)OC1C(O)C(O)C(O)C(O)C1O)NC(=O)CC(O)CCCCCCCCCCC. The summed E-state index contributed by atoms with van der Waals surface area (Å²) in [6, 6.07) is -1.15. The van der Waals surface area contributed by atoms with Crippen LogP contribution in [0.25, 0.3) is 0 Å². The van der Waals surface area contributed by atoms with Crippen LogP contribution in [-0.2, 0) is 18.4 Å². The fraction of sp³-hybridized carbons (Fsp3) is 0.977. The van der Waals surface area contributed by atoms with Crippen molar-refractivity contribution in [3.05, 3.63) is 0 Å². The van der Waals surface area contributed by atoms with E-state index in [1.165, 1.54) is 116 Å². The van der Waals surface area contributed by atoms with Crippen LogP contribution < -0.4 is 5.32 Å². The van der Waals surface area contributed by atoms with E-state index in [2.05, 4.69) is 19.2 Å². The minimum Gasteiger partial charge on any atom is -0.393 e. The molecule has 0 radical (unpaired) electrons. The Morgan fingerprint density at radius 2 is 0.877 bits per heavy atom. The van der Waals surface area contributed by atoms with Gasteiger partial charge in [-0.05, 0) is 12.8 Å². The van der Waals surface area contributed by atoms with Crippen LogP contribution in [-0.4, -0.2) is 108 Å². The second kappa shape index (κ2) is 34.0. The standard InChI is InChI=1S/C43H86NO12P/c1-3-5-7-9-11-13-14-15-16-17-18-19-20-21-23-25-27-29-31-36(46)35(44-37(47)32-34(45)30-28-26-24-22-12-10-8-6-4-2)33-55-57(53,54)56-43-41(51)39(49)38(48)40(50)42(43)52/h34-36,38-43,45-46,48-52H,3-33H2,1-2H3,(H,44,47)(H,53,54). The van der Waals surface area contributed by atoms with Crippen LogP contribution in [0.15, 0.2) is 0 Å². The molecule has 0 saturated heterocycles. The summed E-state index contributed by atoms with van der Waals surface area (Å²) in [5.74, 6) is -0.559. The zero-order chi connectivity index (χ0) is 42.3. The lowest BCUT2D eigenvalue weighted by Crippen LogP contribution is -2.64. The summed E-state index contributed by atoms with van der Waals surface area (Å²) in [5.41, 5.74) is 0. The number of rotatable bonds is 38. The van der Waals surface area contributed by atoms with Gasteiger partial charge in [-0.15, -0.1) is 0 Å². The molecule has 8 unspecified atom stereocenters. The van der Waals surface area contributed by atoms with Gasteiger partial charge in [0.25, 0.3) is 0 Å². The first-order chi connectivity index (χ1) is 27.3. The van der Waals surface area contributed by atoms with Gasteiger partial charge in [0.05, 0.1) is 31.3 Å². The number of nitrogens with one attached hydrogen (secondary N) is 1. The predicted molar refractivity (Wildman–Crippen MR) is 224 cm³/mol. The molecule has 0 aliphatic heterocycles. The lowest BCUT2D eigenvalue weighted by Gasteiger charge is -2.41. The lowest BCUT2D eigenvalue weighted by molar-refractivity contribution is -0.220. The van der Waals surface area contributed by atoms with E-state index >= 15 is 0 Å². The van der Waals surface area contributed by atoms with Crippen molar-refractivity contribution in [3.8, 4) is 0 Å². The summed E-state index contributed by atoms with van der Waals surface area (Å²) < 4.78 is 22.9. The minimum absolute atomic E-state index is 0.217. The van der Waals surface area contributed by atoms with Crippen LogP contribution in [0, 0.1) is 0 Å². The maximum absolute atomic E-state index is 13.0. The smallest absolute Gasteiger partial charge is 0.393 e. The Morgan fingerprint density at radius 3 is 1.26 bits per heavy atom. The third kappa shape index (κ3) is 26.3. The van der Waals surface area contributed by atoms with E-state index in [9.17, 15) is 50.0 Å². The highest BCUT2D eigenvalue weighted by Gasteiger charge is 2.51. The molecule has 14 heteroatoms. The molecule has 1 aliphatic rings. The molecule has 0 heterocycles. The van der Waals surface area contributed by atoms with E-state index in [0.29, 0.717) is 12.8 Å². The quantitative estimate of drug-likeness (QED) is 0.0221. The van der Waals surface area contributed by atoms with Crippen molar-refractivity contribution in [3.63, 3.8) is 0 Å². The Morgan fingerprint density at radius 1 is 0.544 bits per heavy atom. The summed E-state index contributed by atoms with van der Waals surface area (Å²) >= 11 is 0. The zero-order valence-corrected chi connectivity index (χ0v) is 36.7. The number of phosphoric acid groups is 1. The molecule has 57 heavy (non-hydrogen) atoms. The van der Waals surface area contributed by atoms with E-state index in [0.717, 1.165) is 51.4 Å². The molecule has 1 rings (SSSR count). The van der Waals surface area contributed by atoms with E-state index < -0.39 is 75.2 Å². The molecule has 0 aromatic rings. The van der Waals surface area contributed by atoms with Gasteiger partial charge in [-0.1, -0.05) is 187 Å². The van der Waals surface area contributed by atoms with Gasteiger partial charge in [-0.2, -0.15) is 0 Å². The van der Waals surface area contributed by atoms with Crippen molar-refractivity contribution < 1.29 is 59.0 Å². The van der Waals surface area contributed by atoms with Gasteiger partial charge < -0.3 is 46.0 Å². The molecular weight excluding hydrogens is 753 g/mol. The number of aliphatic hydroxyl groups excluding tert-OH is 7. The summed E-state index contributed by atoms with van der Waals surface area (Å²) in [7, 11) is -5.11. The Hall–Kier alpha value is -0.700. The molecule has 0 bridgehead atoms. The highest BCUT2D eigenvalue weighted by molar-refractivity contribution is 7.47. The van der Waals surface area contributed by atoms with Crippen LogP contribution in [0.3, 0.4) is 0 Å². The van der Waals surface area contributed by atoms with Crippen molar-refractivity contribution in [1.29, 1.82) is 0 Å². The minimum atomic E-state index is -5.11. The number of amides is 1. The van der Waals surface area contributed by atoms with Gasteiger partial charge in [0.15, 0.2) is 0 Å². The monoisotopic (exact) mass is 840 g/mol. The van der Waals surface area contributed by atoms with E-state index in [1.54, 1.807) is 0 Å². The fourth-order valence-corrected chi connectivity index (χ4v) is 8.62. The molecule has 13 nitrogen and oxygen atoms in total. The Kier molecular flexibility index (Phi) is 32.4. The second-order valence-corrected chi connectivity index (χ2v) is 18.2. The number of carbonyl (C=O) groups excluding carboxylic acids is 1. The number of unbranched alkanes of at least 4 members (excludes halogenated alkanes) is 25. The van der Waals surface area contributed by atoms with Gasteiger partial charge in [0.1, 0.15) is 36.6 Å². The maximum atomic E-state index is 13.0. The van der Waals surface area contributed by atoms with Gasteiger partial charge >= 0.3 is 7.82 Å². The van der Waals surface area contributed by atoms with Crippen molar-refractivity contribution in [1.82, 2.24) is 5.32 Å². The number of hydrogen-bond donors (Lipinski definition) is 9. The molecule has 340 valence electrons. The first kappa shape index (κ1) is 54.3. The Balaban J connectivity index is 2.50. The topological polar surface area (TPSA) is 226 Å². The van der Waals surface area contributed by atoms with Crippen LogP contribution in [0.2, 0.25) is 0 Å². The lowest BCUT2D eigenvalue weighted by atomic mass is 9.85. The molecule has 0 aromatic heterocycles. The normalized spacial score (nSPS) is 23.9. The zero-order valence-electron chi connectivity index (χ0n) is 35.8. The Bertz CT molecular complexity index is 995. The molecule has 9 N–H and O–H groups in total. The molecule has 1 amide bonds. The van der Waals surface area contributed by atoms with Crippen molar-refractivity contribution in [2.24, 2.45) is 0 Å². The molecule has 1 aliphatic carbocycles. The summed E-state index contributed by atoms with van der Waals surface area (Å²) in [6.07, 6.45) is 18.8. The fourth-order valence-electron chi connectivity index (χ4n) is 7.66. The van der Waals surface area contributed by atoms with Crippen LogP contribution in [0.4, 0.5) is 0 Å². The number of hydrogen-bond acceptors (Lipinski definition) is 11. The van der Waals surface area contributed by atoms with Crippen molar-refractivity contribution in [2.45, 2.75) is 261 Å². The van der Waals surface area contributed by atoms with Gasteiger partial charge in [0.2, 0.25) is 5.91 Å². The first-order valence-electron chi connectivity index (χ1n) is 23.1. The van der Waals surface area contributed by atoms with E-state index in [4.69, 9.17) is 9.05 Å². The summed E-state index contributed by atoms with van der Waals surface area (Å²) in [6.45, 7) is 3.77. The third-order valence-electron chi connectivity index (χ3n) is 11.5. The maximum Gasteiger partial charge on any atom is 0.472 e. The number of phosphoric ester groups is 1. The highest BCUT2D eigenvalue weighted by Crippen LogP contribution is 2.47. The first-order valence-corrected chi connectivity index (χ1v) is 24.6. The summed E-state index contributed by atoms with van der Waals surface area (Å²) in [4.78, 5) is 23.4. The van der Waals surface area contributed by atoms with E-state index in [1.807, 2.05) is 0 Å². The van der Waals surface area contributed by atoms with Crippen molar-refractivity contribution >= 4 is 13.7 Å². The second-order valence-electron chi connectivity index (χ2n) is 16.8. The largest absolute Gasteiger partial charge is 0.472 e.